The molecule has 0 radical (unpaired) electrons. The second-order valence-corrected chi connectivity index (χ2v) is 3.44. The zero-order valence-corrected chi connectivity index (χ0v) is 8.14. The van der Waals surface area contributed by atoms with Crippen LogP contribution >= 0.6 is 0 Å². The van der Waals surface area contributed by atoms with E-state index in [4.69, 9.17) is 0 Å². The Balaban J connectivity index is 2.32. The molecular weight excluding hydrogens is 200 g/mol. The van der Waals surface area contributed by atoms with E-state index in [0.717, 1.165) is 4.68 Å². The zero-order chi connectivity index (χ0) is 11.0. The highest BCUT2D eigenvalue weighted by molar-refractivity contribution is 5.99. The van der Waals surface area contributed by atoms with Crippen molar-refractivity contribution in [2.24, 2.45) is 7.05 Å². The summed E-state index contributed by atoms with van der Waals surface area (Å²) in [6.07, 6.45) is 1.90. The van der Waals surface area contributed by atoms with E-state index >= 15 is 0 Å². The largest absolute Gasteiger partial charge is 0.346 e. The molecule has 1 fully saturated rings. The SMILES string of the molecule is Cn1cnn(C2CCC(=O)NC2=O)c1=O. The van der Waals surface area contributed by atoms with Gasteiger partial charge in [0.15, 0.2) is 0 Å². The van der Waals surface area contributed by atoms with Crippen LogP contribution in [0, 0.1) is 0 Å². The van der Waals surface area contributed by atoms with Crippen LogP contribution in [0.5, 0.6) is 0 Å². The molecule has 0 aliphatic carbocycles. The number of amides is 2. The first-order chi connectivity index (χ1) is 7.09. The molecule has 7 nitrogen and oxygen atoms in total. The average molecular weight is 210 g/mol. The van der Waals surface area contributed by atoms with E-state index in [1.54, 1.807) is 7.05 Å². The van der Waals surface area contributed by atoms with Crippen LogP contribution in [0.1, 0.15) is 18.9 Å². The third-order valence-corrected chi connectivity index (χ3v) is 2.35. The molecule has 2 rings (SSSR count). The Morgan fingerprint density at radius 3 is 2.73 bits per heavy atom. The van der Waals surface area contributed by atoms with Gasteiger partial charge in [-0.2, -0.15) is 5.10 Å². The third kappa shape index (κ3) is 1.56. The minimum atomic E-state index is -0.670. The maximum atomic E-state index is 11.5. The summed E-state index contributed by atoms with van der Waals surface area (Å²) in [5, 5.41) is 5.99. The molecule has 1 aliphatic rings. The summed E-state index contributed by atoms with van der Waals surface area (Å²) in [5.41, 5.74) is -0.357. The van der Waals surface area contributed by atoms with Gasteiger partial charge in [0, 0.05) is 13.5 Å². The lowest BCUT2D eigenvalue weighted by molar-refractivity contribution is -0.136. The molecular formula is C8H10N4O3. The molecule has 0 saturated carbocycles. The van der Waals surface area contributed by atoms with Gasteiger partial charge in [0.1, 0.15) is 12.4 Å². The highest BCUT2D eigenvalue weighted by Gasteiger charge is 2.30. The number of hydrogen-bond donors (Lipinski definition) is 1. The molecule has 2 amide bonds. The quantitative estimate of drug-likeness (QED) is 0.575. The van der Waals surface area contributed by atoms with Crippen LogP contribution in [0.4, 0.5) is 0 Å². The molecule has 15 heavy (non-hydrogen) atoms. The molecule has 0 spiro atoms. The van der Waals surface area contributed by atoms with E-state index in [9.17, 15) is 14.4 Å². The van der Waals surface area contributed by atoms with Crippen LogP contribution in [0.25, 0.3) is 0 Å². The van der Waals surface area contributed by atoms with E-state index in [0.29, 0.717) is 6.42 Å². The minimum Gasteiger partial charge on any atom is -0.295 e. The summed E-state index contributed by atoms with van der Waals surface area (Å²) in [6.45, 7) is 0. The van der Waals surface area contributed by atoms with Crippen LogP contribution < -0.4 is 11.0 Å². The maximum Gasteiger partial charge on any atom is 0.346 e. The smallest absolute Gasteiger partial charge is 0.295 e. The van der Waals surface area contributed by atoms with Crippen molar-refractivity contribution < 1.29 is 9.59 Å². The molecule has 1 unspecified atom stereocenters. The van der Waals surface area contributed by atoms with Gasteiger partial charge in [-0.25, -0.2) is 9.48 Å². The first-order valence-electron chi connectivity index (χ1n) is 4.53. The fourth-order valence-corrected chi connectivity index (χ4v) is 1.52. The van der Waals surface area contributed by atoms with Crippen molar-refractivity contribution in [1.29, 1.82) is 0 Å². The number of carbonyl (C=O) groups is 2. The zero-order valence-electron chi connectivity index (χ0n) is 8.14. The molecule has 1 aliphatic heterocycles. The van der Waals surface area contributed by atoms with Crippen molar-refractivity contribution >= 4 is 11.8 Å². The van der Waals surface area contributed by atoms with Crippen LogP contribution in [0.3, 0.4) is 0 Å². The van der Waals surface area contributed by atoms with Gasteiger partial charge in [-0.15, -0.1) is 0 Å². The molecule has 1 atom stereocenters. The summed E-state index contributed by atoms with van der Waals surface area (Å²) in [5.74, 6) is -0.771. The molecule has 7 heteroatoms. The lowest BCUT2D eigenvalue weighted by atomic mass is 10.1. The number of carbonyl (C=O) groups excluding carboxylic acids is 2. The van der Waals surface area contributed by atoms with Gasteiger partial charge in [-0.1, -0.05) is 0 Å². The fraction of sp³-hybridized carbons (Fsp3) is 0.500. The summed E-state index contributed by atoms with van der Waals surface area (Å²) >= 11 is 0. The predicted octanol–water partition coefficient (Wildman–Crippen LogP) is -1.44. The predicted molar refractivity (Wildman–Crippen MR) is 48.9 cm³/mol. The van der Waals surface area contributed by atoms with Crippen LogP contribution in [0.2, 0.25) is 0 Å². The number of hydrogen-bond acceptors (Lipinski definition) is 4. The number of imide groups is 1. The van der Waals surface area contributed by atoms with Gasteiger partial charge < -0.3 is 0 Å². The number of nitrogens with one attached hydrogen (secondary N) is 1. The summed E-state index contributed by atoms with van der Waals surface area (Å²) in [7, 11) is 1.55. The van der Waals surface area contributed by atoms with Gasteiger partial charge in [0.25, 0.3) is 5.91 Å². The van der Waals surface area contributed by atoms with Gasteiger partial charge in [-0.05, 0) is 6.42 Å². The Kier molecular flexibility index (Phi) is 2.14. The third-order valence-electron chi connectivity index (χ3n) is 2.35. The second kappa shape index (κ2) is 3.34. The average Bonchev–Trinajstić information content (AvgIpc) is 2.49. The molecule has 1 aromatic rings. The number of aromatic nitrogens is 3. The van der Waals surface area contributed by atoms with E-state index < -0.39 is 11.9 Å². The lowest BCUT2D eigenvalue weighted by Gasteiger charge is -2.19. The highest BCUT2D eigenvalue weighted by Crippen LogP contribution is 2.14. The second-order valence-electron chi connectivity index (χ2n) is 3.44. The van der Waals surface area contributed by atoms with E-state index in [-0.39, 0.29) is 18.0 Å². The van der Waals surface area contributed by atoms with E-state index in [2.05, 4.69) is 10.4 Å². The van der Waals surface area contributed by atoms with Crippen molar-refractivity contribution in [3.63, 3.8) is 0 Å². The topological polar surface area (TPSA) is 86.0 Å². The Morgan fingerprint density at radius 2 is 2.20 bits per heavy atom. The molecule has 1 N–H and O–H groups in total. The monoisotopic (exact) mass is 210 g/mol. The first-order valence-corrected chi connectivity index (χ1v) is 4.53. The van der Waals surface area contributed by atoms with Crippen LogP contribution in [-0.2, 0) is 16.6 Å². The van der Waals surface area contributed by atoms with Crippen molar-refractivity contribution in [1.82, 2.24) is 19.7 Å². The maximum absolute atomic E-state index is 11.5. The van der Waals surface area contributed by atoms with Crippen molar-refractivity contribution in [2.45, 2.75) is 18.9 Å². The lowest BCUT2D eigenvalue weighted by Crippen LogP contribution is -2.44. The minimum absolute atomic E-state index is 0.236. The number of piperidine rings is 1. The molecule has 80 valence electrons. The Bertz CT molecular complexity index is 472. The summed E-state index contributed by atoms with van der Waals surface area (Å²) in [6, 6.07) is -0.670. The van der Waals surface area contributed by atoms with Gasteiger partial charge in [-0.3, -0.25) is 19.5 Å². The number of nitrogens with zero attached hydrogens (tertiary/aromatic N) is 3. The Labute approximate surface area is 84.7 Å². The normalized spacial score (nSPS) is 21.5. The van der Waals surface area contributed by atoms with E-state index in [1.807, 2.05) is 0 Å². The highest BCUT2D eigenvalue weighted by atomic mass is 16.2. The van der Waals surface area contributed by atoms with Crippen molar-refractivity contribution in [3.05, 3.63) is 16.8 Å². The molecule has 1 saturated heterocycles. The van der Waals surface area contributed by atoms with Crippen LogP contribution in [0.15, 0.2) is 11.1 Å². The molecule has 2 heterocycles. The first kappa shape index (κ1) is 9.63. The van der Waals surface area contributed by atoms with E-state index in [1.165, 1.54) is 10.9 Å². The van der Waals surface area contributed by atoms with Gasteiger partial charge in [0.2, 0.25) is 5.91 Å². The van der Waals surface area contributed by atoms with Gasteiger partial charge >= 0.3 is 5.69 Å². The number of rotatable bonds is 1. The summed E-state index contributed by atoms with van der Waals surface area (Å²) < 4.78 is 2.38. The summed E-state index contributed by atoms with van der Waals surface area (Å²) in [4.78, 5) is 33.8. The standard InChI is InChI=1S/C8H10N4O3/c1-11-4-9-12(8(11)15)5-2-3-6(13)10-7(5)14/h4-5H,2-3H2,1H3,(H,10,13,14). The fourth-order valence-electron chi connectivity index (χ4n) is 1.52. The molecule has 0 bridgehead atoms. The Hall–Kier alpha value is -1.92. The number of aryl methyl sites for hydroxylation is 1. The van der Waals surface area contributed by atoms with Crippen molar-refractivity contribution in [2.75, 3.05) is 0 Å². The Morgan fingerprint density at radius 1 is 1.47 bits per heavy atom. The molecule has 0 aromatic carbocycles. The van der Waals surface area contributed by atoms with Gasteiger partial charge in [0.05, 0.1) is 0 Å². The van der Waals surface area contributed by atoms with Crippen molar-refractivity contribution in [3.8, 4) is 0 Å². The molecule has 1 aromatic heterocycles. The van der Waals surface area contributed by atoms with Crippen LogP contribution in [-0.4, -0.2) is 26.2 Å².